The van der Waals surface area contributed by atoms with E-state index in [-0.39, 0.29) is 32.4 Å². The molecule has 2 aliphatic carbocycles. The second-order valence-electron chi connectivity index (χ2n) is 15.0. The van der Waals surface area contributed by atoms with Gasteiger partial charge in [-0.1, -0.05) is 32.9 Å². The average molecular weight is 695 g/mol. The number of nitrogens with zero attached hydrogens (tertiary/aromatic N) is 2. The van der Waals surface area contributed by atoms with Gasteiger partial charge in [0.1, 0.15) is 23.4 Å². The van der Waals surface area contributed by atoms with Crippen molar-refractivity contribution in [2.75, 3.05) is 13.2 Å². The molecule has 2 aromatic rings. The second-order valence-corrected chi connectivity index (χ2v) is 16.9. The predicted molar refractivity (Wildman–Crippen MR) is 182 cm³/mol. The summed E-state index contributed by atoms with van der Waals surface area (Å²) in [5, 5.41) is 3.03. The lowest BCUT2D eigenvalue weighted by molar-refractivity contribution is -0.153. The zero-order valence-corrected chi connectivity index (χ0v) is 29.2. The van der Waals surface area contributed by atoms with Crippen molar-refractivity contribution < 1.29 is 37.1 Å². The van der Waals surface area contributed by atoms with Gasteiger partial charge in [-0.3, -0.25) is 28.9 Å². The SMILES string of the molecule is C=C[C@@H]1C[C@]1(NC(=O)[C@@H]1C[C@@H]2CN1C(=O)[C@H](C(C)(C)C)CC(=O)OCCCCCc1ccc3nccc(c3c1)O2)C(=O)NS(=O)(=O)C1CC1. The molecule has 12 nitrogen and oxygen atoms in total. The highest BCUT2D eigenvalue weighted by atomic mass is 32.2. The van der Waals surface area contributed by atoms with Gasteiger partial charge in [0.2, 0.25) is 21.8 Å². The molecular formula is C36H46N4O8S. The maximum Gasteiger partial charge on any atom is 0.306 e. The van der Waals surface area contributed by atoms with Crippen LogP contribution in [0.5, 0.6) is 5.75 Å². The van der Waals surface area contributed by atoms with Gasteiger partial charge in [0.05, 0.1) is 36.3 Å². The maximum atomic E-state index is 14.4. The number of esters is 1. The van der Waals surface area contributed by atoms with E-state index >= 15 is 0 Å². The molecule has 0 unspecified atom stereocenters. The van der Waals surface area contributed by atoms with Crippen LogP contribution < -0.4 is 14.8 Å². The van der Waals surface area contributed by atoms with Gasteiger partial charge in [0.15, 0.2) is 0 Å². The molecule has 5 atom stereocenters. The van der Waals surface area contributed by atoms with Crippen molar-refractivity contribution in [3.8, 4) is 5.75 Å². The number of aryl methyl sites for hydroxylation is 1. The van der Waals surface area contributed by atoms with Gasteiger partial charge >= 0.3 is 5.97 Å². The van der Waals surface area contributed by atoms with Crippen LogP contribution in [-0.4, -0.2) is 78.1 Å². The lowest BCUT2D eigenvalue weighted by Crippen LogP contribution is -2.57. The number of hydrogen-bond acceptors (Lipinski definition) is 9. The number of sulfonamides is 1. The lowest BCUT2D eigenvalue weighted by Gasteiger charge is -2.35. The van der Waals surface area contributed by atoms with Crippen molar-refractivity contribution in [3.05, 3.63) is 48.7 Å². The number of carbonyl (C=O) groups is 4. The van der Waals surface area contributed by atoms with Crippen molar-refractivity contribution in [2.24, 2.45) is 17.3 Å². The Hall–Kier alpha value is -4.00. The molecule has 3 amide bonds. The van der Waals surface area contributed by atoms with E-state index in [4.69, 9.17) is 9.47 Å². The summed E-state index contributed by atoms with van der Waals surface area (Å²) in [6.45, 7) is 9.69. The Labute approximate surface area is 287 Å². The number of benzene rings is 1. The van der Waals surface area contributed by atoms with Crippen LogP contribution in [0.25, 0.3) is 10.9 Å². The minimum Gasteiger partial charge on any atom is -0.488 e. The topological polar surface area (TPSA) is 161 Å². The minimum atomic E-state index is -3.87. The molecule has 1 aromatic heterocycles. The summed E-state index contributed by atoms with van der Waals surface area (Å²) < 4.78 is 39.6. The van der Waals surface area contributed by atoms with Gasteiger partial charge < -0.3 is 19.7 Å². The summed E-state index contributed by atoms with van der Waals surface area (Å²) in [7, 11) is -3.87. The highest BCUT2D eigenvalue weighted by Gasteiger charge is 2.62. The fourth-order valence-electron chi connectivity index (χ4n) is 6.98. The number of ether oxygens (including phenoxy) is 2. The second kappa shape index (κ2) is 13.4. The largest absolute Gasteiger partial charge is 0.488 e. The molecule has 0 spiro atoms. The van der Waals surface area contributed by atoms with Crippen molar-refractivity contribution >= 4 is 44.6 Å². The molecule has 0 radical (unpaired) electrons. The van der Waals surface area contributed by atoms with E-state index in [2.05, 4.69) is 27.7 Å². The first-order chi connectivity index (χ1) is 23.2. The van der Waals surface area contributed by atoms with E-state index in [9.17, 15) is 27.6 Å². The molecular weight excluding hydrogens is 648 g/mol. The summed E-state index contributed by atoms with van der Waals surface area (Å²) in [6, 6.07) is 6.76. The zero-order valence-electron chi connectivity index (χ0n) is 28.4. The first-order valence-electron chi connectivity index (χ1n) is 17.2. The van der Waals surface area contributed by atoms with Crippen LogP contribution in [0.2, 0.25) is 0 Å². The van der Waals surface area contributed by atoms with Crippen LogP contribution in [0.3, 0.4) is 0 Å². The van der Waals surface area contributed by atoms with Crippen LogP contribution in [0.4, 0.5) is 0 Å². The molecule has 264 valence electrons. The van der Waals surface area contributed by atoms with Gasteiger partial charge in [0, 0.05) is 23.9 Å². The molecule has 13 heteroatoms. The Morgan fingerprint density at radius 1 is 1.12 bits per heavy atom. The smallest absolute Gasteiger partial charge is 0.306 e. The Bertz CT molecular complexity index is 1770. The Balaban J connectivity index is 1.32. The summed E-state index contributed by atoms with van der Waals surface area (Å²) in [5.74, 6) is -3.00. The van der Waals surface area contributed by atoms with Gasteiger partial charge in [-0.05, 0) is 74.1 Å². The van der Waals surface area contributed by atoms with Gasteiger partial charge in [-0.2, -0.15) is 0 Å². The summed E-state index contributed by atoms with van der Waals surface area (Å²) >= 11 is 0. The van der Waals surface area contributed by atoms with E-state index in [0.717, 1.165) is 35.7 Å². The third-order valence-electron chi connectivity index (χ3n) is 10.2. The Kier molecular flexibility index (Phi) is 9.51. The Morgan fingerprint density at radius 2 is 1.90 bits per heavy atom. The molecule has 2 N–H and O–H groups in total. The van der Waals surface area contributed by atoms with Crippen LogP contribution in [0, 0.1) is 17.3 Å². The fourth-order valence-corrected chi connectivity index (χ4v) is 8.35. The van der Waals surface area contributed by atoms with Crippen molar-refractivity contribution in [2.45, 2.75) is 101 Å². The lowest BCUT2D eigenvalue weighted by atomic mass is 9.77. The van der Waals surface area contributed by atoms with E-state index in [1.807, 2.05) is 32.9 Å². The van der Waals surface area contributed by atoms with Crippen molar-refractivity contribution in [1.82, 2.24) is 19.9 Å². The molecule has 2 saturated carbocycles. The number of hydrogen-bond donors (Lipinski definition) is 2. The summed E-state index contributed by atoms with van der Waals surface area (Å²) in [5.41, 5.74) is -0.289. The van der Waals surface area contributed by atoms with E-state index < -0.39 is 73.9 Å². The van der Waals surface area contributed by atoms with Crippen molar-refractivity contribution in [3.63, 3.8) is 0 Å². The van der Waals surface area contributed by atoms with Crippen LogP contribution in [0.15, 0.2) is 43.1 Å². The maximum absolute atomic E-state index is 14.4. The van der Waals surface area contributed by atoms with Crippen molar-refractivity contribution in [1.29, 1.82) is 0 Å². The summed E-state index contributed by atoms with van der Waals surface area (Å²) in [4.78, 5) is 61.0. The summed E-state index contributed by atoms with van der Waals surface area (Å²) in [6.07, 6.45) is 6.98. The third-order valence-corrected chi connectivity index (χ3v) is 12.1. The zero-order chi connectivity index (χ0) is 35.1. The molecule has 49 heavy (non-hydrogen) atoms. The molecule has 6 rings (SSSR count). The fraction of sp³-hybridized carbons (Fsp3) is 0.583. The van der Waals surface area contributed by atoms with Crippen LogP contribution in [0.1, 0.15) is 77.7 Å². The van der Waals surface area contributed by atoms with Gasteiger partial charge in [-0.15, -0.1) is 6.58 Å². The minimum absolute atomic E-state index is 0.0577. The normalized spacial score (nSPS) is 28.2. The predicted octanol–water partition coefficient (Wildman–Crippen LogP) is 3.57. The number of aromatic nitrogens is 1. The highest BCUT2D eigenvalue weighted by molar-refractivity contribution is 7.91. The number of rotatable bonds is 6. The highest BCUT2D eigenvalue weighted by Crippen LogP contribution is 2.46. The molecule has 1 saturated heterocycles. The monoisotopic (exact) mass is 694 g/mol. The number of pyridine rings is 1. The van der Waals surface area contributed by atoms with Crippen LogP contribution >= 0.6 is 0 Å². The van der Waals surface area contributed by atoms with Crippen LogP contribution in [-0.2, 0) is 40.4 Å². The molecule has 1 aromatic carbocycles. The molecule has 3 fully saturated rings. The van der Waals surface area contributed by atoms with E-state index in [0.29, 0.717) is 25.0 Å². The first-order valence-corrected chi connectivity index (χ1v) is 18.8. The number of carbonyl (C=O) groups excluding carboxylic acids is 4. The average Bonchev–Trinajstić information content (AvgIpc) is 3.97. The third kappa shape index (κ3) is 7.46. The molecule has 4 aliphatic rings. The number of cyclic esters (lactones) is 1. The van der Waals surface area contributed by atoms with Gasteiger partial charge in [0.25, 0.3) is 5.91 Å². The first kappa shape index (κ1) is 34.8. The van der Waals surface area contributed by atoms with Gasteiger partial charge in [-0.25, -0.2) is 8.42 Å². The number of fused-ring (bicyclic) bond motifs is 3. The molecule has 3 heterocycles. The number of nitrogens with one attached hydrogen (secondary N) is 2. The quantitative estimate of drug-likeness (QED) is 0.340. The Morgan fingerprint density at radius 3 is 2.59 bits per heavy atom. The standard InChI is InChI=1S/C36H46N4O8S/c1-5-23-20-36(23,34(44)39-49(45,46)25-11-12-25)38-32(42)29-18-24-21-40(29)33(43)27(35(2,3)4)19-31(41)47-16-8-6-7-9-22-10-13-28-26(17-22)30(48-24)14-15-37-28/h5,10,13-15,17,23-25,27,29H,1,6-9,11-12,16,18-21H2,2-4H3,(H,38,42)(H,39,44)/t23-,24-,27-,29+,36-/m1/s1. The molecule has 2 aliphatic heterocycles. The number of amides is 3. The molecule has 4 bridgehead atoms. The van der Waals surface area contributed by atoms with E-state index in [1.165, 1.54) is 11.0 Å². The van der Waals surface area contributed by atoms with E-state index in [1.54, 1.807) is 12.3 Å².